The molecule has 1 rings (SSSR count). The van der Waals surface area contributed by atoms with Crippen LogP contribution in [0.4, 0.5) is 5.69 Å². The molecule has 0 spiro atoms. The molecule has 0 fully saturated rings. The monoisotopic (exact) mass is 266 g/mol. The van der Waals surface area contributed by atoms with Crippen molar-refractivity contribution in [3.63, 3.8) is 0 Å². The number of nitrogens with zero attached hydrogens (tertiary/aromatic N) is 1. The average Bonchev–Trinajstić information content (AvgIpc) is 2.34. The van der Waals surface area contributed by atoms with E-state index in [9.17, 15) is 4.79 Å². The second-order valence-electron chi connectivity index (χ2n) is 4.22. The van der Waals surface area contributed by atoms with Crippen LogP contribution in [0.5, 0.6) is 0 Å². The number of hydrogen-bond acceptors (Lipinski definition) is 3. The fraction of sp³-hybridized carbons (Fsp3) is 0.385. The van der Waals surface area contributed by atoms with Crippen LogP contribution < -0.4 is 5.32 Å². The number of anilines is 1. The van der Waals surface area contributed by atoms with Crippen molar-refractivity contribution >= 4 is 23.3 Å². The highest BCUT2D eigenvalue weighted by Crippen LogP contribution is 2.20. The van der Waals surface area contributed by atoms with Crippen LogP contribution in [0.25, 0.3) is 0 Å². The first-order valence-corrected chi connectivity index (χ1v) is 6.06. The summed E-state index contributed by atoms with van der Waals surface area (Å²) in [6, 6.07) is 7.14. The summed E-state index contributed by atoms with van der Waals surface area (Å²) in [6.07, 6.45) is 0.770. The van der Waals surface area contributed by atoms with Crippen LogP contribution in [0.1, 0.15) is 25.3 Å². The summed E-state index contributed by atoms with van der Waals surface area (Å²) in [6.45, 7) is 2.60. The van der Waals surface area contributed by atoms with Gasteiger partial charge in [-0.15, -0.1) is 0 Å². The second-order valence-corrected chi connectivity index (χ2v) is 4.66. The lowest BCUT2D eigenvalue weighted by molar-refractivity contribution is -0.137. The SMILES string of the molecule is CC(CCC(=O)O)CNc1ccc(Cl)cc1C#N. The number of carboxylic acids is 1. The third kappa shape index (κ3) is 4.64. The van der Waals surface area contributed by atoms with Crippen molar-refractivity contribution in [1.29, 1.82) is 5.26 Å². The molecule has 1 aromatic rings. The molecule has 1 unspecified atom stereocenters. The Morgan fingerprint density at radius 1 is 1.61 bits per heavy atom. The Labute approximate surface area is 111 Å². The van der Waals surface area contributed by atoms with E-state index in [4.69, 9.17) is 22.0 Å². The third-order valence-corrected chi connectivity index (χ3v) is 2.83. The van der Waals surface area contributed by atoms with E-state index in [2.05, 4.69) is 11.4 Å². The van der Waals surface area contributed by atoms with Crippen LogP contribution in [0, 0.1) is 17.2 Å². The van der Waals surface area contributed by atoms with Crippen LogP contribution in [0.15, 0.2) is 18.2 Å². The topological polar surface area (TPSA) is 73.1 Å². The molecule has 4 nitrogen and oxygen atoms in total. The van der Waals surface area contributed by atoms with Crippen LogP contribution in [0.2, 0.25) is 5.02 Å². The predicted molar refractivity (Wildman–Crippen MR) is 70.7 cm³/mol. The number of halogens is 1. The van der Waals surface area contributed by atoms with Gasteiger partial charge in [0.15, 0.2) is 0 Å². The molecule has 0 amide bonds. The molecule has 1 atom stereocenters. The number of aliphatic carboxylic acids is 1. The van der Waals surface area contributed by atoms with Gasteiger partial charge in [-0.05, 0) is 30.5 Å². The van der Waals surface area contributed by atoms with Crippen molar-refractivity contribution in [1.82, 2.24) is 0 Å². The number of carboxylic acid groups (broad SMARTS) is 1. The maximum atomic E-state index is 10.4. The van der Waals surface area contributed by atoms with Crippen molar-refractivity contribution in [2.45, 2.75) is 19.8 Å². The quantitative estimate of drug-likeness (QED) is 0.830. The third-order valence-electron chi connectivity index (χ3n) is 2.59. The molecular formula is C13H15ClN2O2. The molecule has 96 valence electrons. The van der Waals surface area contributed by atoms with E-state index in [1.165, 1.54) is 0 Å². The number of benzene rings is 1. The normalized spacial score (nSPS) is 11.6. The second kappa shape index (κ2) is 6.87. The van der Waals surface area contributed by atoms with E-state index in [1.54, 1.807) is 18.2 Å². The summed E-state index contributed by atoms with van der Waals surface area (Å²) in [7, 11) is 0. The maximum Gasteiger partial charge on any atom is 0.303 e. The van der Waals surface area contributed by atoms with Crippen molar-refractivity contribution < 1.29 is 9.90 Å². The largest absolute Gasteiger partial charge is 0.481 e. The number of carbonyl (C=O) groups is 1. The van der Waals surface area contributed by atoms with E-state index >= 15 is 0 Å². The van der Waals surface area contributed by atoms with Crippen LogP contribution in [-0.2, 0) is 4.79 Å². The zero-order valence-electron chi connectivity index (χ0n) is 10.1. The smallest absolute Gasteiger partial charge is 0.303 e. The van der Waals surface area contributed by atoms with Gasteiger partial charge < -0.3 is 10.4 Å². The van der Waals surface area contributed by atoms with Gasteiger partial charge in [-0.2, -0.15) is 5.26 Å². The van der Waals surface area contributed by atoms with E-state index < -0.39 is 5.97 Å². The maximum absolute atomic E-state index is 10.4. The Morgan fingerprint density at radius 3 is 2.94 bits per heavy atom. The van der Waals surface area contributed by atoms with E-state index in [1.807, 2.05) is 6.92 Å². The molecule has 0 saturated heterocycles. The zero-order chi connectivity index (χ0) is 13.5. The van der Waals surface area contributed by atoms with Gasteiger partial charge in [-0.1, -0.05) is 18.5 Å². The van der Waals surface area contributed by atoms with E-state index in [0.717, 1.165) is 5.69 Å². The molecule has 0 aliphatic carbocycles. The standard InChI is InChI=1S/C13H15ClN2O2/c1-9(2-5-13(17)18)8-16-12-4-3-11(14)6-10(12)7-15/h3-4,6,9,16H,2,5,8H2,1H3,(H,17,18). The fourth-order valence-corrected chi connectivity index (χ4v) is 1.69. The Hall–Kier alpha value is -1.73. The number of rotatable bonds is 6. The molecule has 0 aliphatic rings. The predicted octanol–water partition coefficient (Wildman–Crippen LogP) is 3.12. The Morgan fingerprint density at radius 2 is 2.33 bits per heavy atom. The minimum atomic E-state index is -0.786. The minimum Gasteiger partial charge on any atom is -0.481 e. The van der Waals surface area contributed by atoms with Gasteiger partial charge >= 0.3 is 5.97 Å². The van der Waals surface area contributed by atoms with Crippen molar-refractivity contribution in [2.24, 2.45) is 5.92 Å². The van der Waals surface area contributed by atoms with Gasteiger partial charge in [-0.25, -0.2) is 0 Å². The summed E-state index contributed by atoms with van der Waals surface area (Å²) in [5.41, 5.74) is 1.22. The molecule has 0 aromatic heterocycles. The van der Waals surface area contributed by atoms with Crippen LogP contribution in [-0.4, -0.2) is 17.6 Å². The number of nitrogens with one attached hydrogen (secondary N) is 1. The highest BCUT2D eigenvalue weighted by Gasteiger charge is 2.07. The molecule has 0 heterocycles. The Bertz CT molecular complexity index is 469. The first-order chi connectivity index (χ1) is 8.52. The first-order valence-electron chi connectivity index (χ1n) is 5.68. The van der Waals surface area contributed by atoms with E-state index in [-0.39, 0.29) is 12.3 Å². The van der Waals surface area contributed by atoms with E-state index in [0.29, 0.717) is 23.6 Å². The zero-order valence-corrected chi connectivity index (χ0v) is 10.9. The van der Waals surface area contributed by atoms with Crippen molar-refractivity contribution in [3.8, 4) is 6.07 Å². The molecule has 0 aliphatic heterocycles. The van der Waals surface area contributed by atoms with Crippen molar-refractivity contribution in [2.75, 3.05) is 11.9 Å². The molecule has 2 N–H and O–H groups in total. The van der Waals surface area contributed by atoms with Crippen LogP contribution >= 0.6 is 11.6 Å². The molecule has 0 saturated carbocycles. The lowest BCUT2D eigenvalue weighted by Gasteiger charge is -2.13. The lowest BCUT2D eigenvalue weighted by atomic mass is 10.1. The summed E-state index contributed by atoms with van der Waals surface area (Å²) >= 11 is 5.80. The van der Waals surface area contributed by atoms with Gasteiger partial charge in [0.25, 0.3) is 0 Å². The summed E-state index contributed by atoms with van der Waals surface area (Å²) < 4.78 is 0. The molecule has 0 bridgehead atoms. The highest BCUT2D eigenvalue weighted by molar-refractivity contribution is 6.30. The highest BCUT2D eigenvalue weighted by atomic mass is 35.5. The van der Waals surface area contributed by atoms with Gasteiger partial charge in [0.1, 0.15) is 6.07 Å². The van der Waals surface area contributed by atoms with Gasteiger partial charge in [0.05, 0.1) is 11.3 Å². The fourth-order valence-electron chi connectivity index (χ4n) is 1.52. The molecule has 5 heteroatoms. The molecule has 18 heavy (non-hydrogen) atoms. The first kappa shape index (κ1) is 14.3. The summed E-state index contributed by atoms with van der Waals surface area (Å²) in [4.78, 5) is 10.4. The van der Waals surface area contributed by atoms with Gasteiger partial charge in [0.2, 0.25) is 0 Å². The van der Waals surface area contributed by atoms with Crippen LogP contribution in [0.3, 0.4) is 0 Å². The molecular weight excluding hydrogens is 252 g/mol. The summed E-state index contributed by atoms with van der Waals surface area (Å²) in [5, 5.41) is 21.2. The lowest BCUT2D eigenvalue weighted by Crippen LogP contribution is -2.13. The summed E-state index contributed by atoms with van der Waals surface area (Å²) in [5.74, 6) is -0.561. The number of hydrogen-bond donors (Lipinski definition) is 2. The average molecular weight is 267 g/mol. The molecule has 1 aromatic carbocycles. The number of nitriles is 1. The van der Waals surface area contributed by atoms with Crippen molar-refractivity contribution in [3.05, 3.63) is 28.8 Å². The Balaban J connectivity index is 2.53. The Kier molecular flexibility index (Phi) is 5.47. The van der Waals surface area contributed by atoms with Gasteiger partial charge in [-0.3, -0.25) is 4.79 Å². The minimum absolute atomic E-state index is 0.161. The van der Waals surface area contributed by atoms with Gasteiger partial charge in [0, 0.05) is 18.0 Å². The molecule has 0 radical (unpaired) electrons.